The van der Waals surface area contributed by atoms with Crippen molar-refractivity contribution in [3.63, 3.8) is 0 Å². The van der Waals surface area contributed by atoms with Crippen LogP contribution in [0.3, 0.4) is 0 Å². The van der Waals surface area contributed by atoms with E-state index in [0.717, 1.165) is 48.3 Å². The van der Waals surface area contributed by atoms with Crippen molar-refractivity contribution in [1.82, 2.24) is 10.2 Å². The van der Waals surface area contributed by atoms with Crippen LogP contribution in [-0.2, 0) is 0 Å². The lowest BCUT2D eigenvalue weighted by Gasteiger charge is -2.36. The topological polar surface area (TPSA) is 35.6 Å². The SMILES string of the molecule is Cc1cc(Br)ccc1C(=O)NCCN1CCN(c2ccccc2)CC1. The van der Waals surface area contributed by atoms with E-state index in [-0.39, 0.29) is 5.91 Å². The van der Waals surface area contributed by atoms with E-state index in [1.165, 1.54) is 5.69 Å². The first-order valence-electron chi connectivity index (χ1n) is 8.70. The van der Waals surface area contributed by atoms with Gasteiger partial charge in [0.15, 0.2) is 0 Å². The zero-order valence-electron chi connectivity index (χ0n) is 14.5. The van der Waals surface area contributed by atoms with Crippen LogP contribution in [0.2, 0.25) is 0 Å². The molecule has 2 aromatic carbocycles. The summed E-state index contributed by atoms with van der Waals surface area (Å²) >= 11 is 3.43. The van der Waals surface area contributed by atoms with Crippen molar-refractivity contribution in [1.29, 1.82) is 0 Å². The molecule has 0 unspecified atom stereocenters. The van der Waals surface area contributed by atoms with Crippen molar-refractivity contribution in [2.24, 2.45) is 0 Å². The number of halogens is 1. The molecule has 0 bridgehead atoms. The Morgan fingerprint density at radius 2 is 1.80 bits per heavy atom. The zero-order valence-corrected chi connectivity index (χ0v) is 16.1. The Morgan fingerprint density at radius 1 is 1.08 bits per heavy atom. The molecule has 3 rings (SSSR count). The van der Waals surface area contributed by atoms with Crippen molar-refractivity contribution in [2.45, 2.75) is 6.92 Å². The van der Waals surface area contributed by atoms with Gasteiger partial charge >= 0.3 is 0 Å². The summed E-state index contributed by atoms with van der Waals surface area (Å²) < 4.78 is 0.998. The van der Waals surface area contributed by atoms with Gasteiger partial charge in [0.25, 0.3) is 5.91 Å². The number of hydrogen-bond donors (Lipinski definition) is 1. The Morgan fingerprint density at radius 3 is 2.48 bits per heavy atom. The molecule has 0 spiro atoms. The minimum absolute atomic E-state index is 0.00733. The van der Waals surface area contributed by atoms with Gasteiger partial charge in [-0.2, -0.15) is 0 Å². The fourth-order valence-electron chi connectivity index (χ4n) is 3.17. The van der Waals surface area contributed by atoms with Gasteiger partial charge in [-0.15, -0.1) is 0 Å². The quantitative estimate of drug-likeness (QED) is 0.834. The van der Waals surface area contributed by atoms with Crippen LogP contribution >= 0.6 is 15.9 Å². The normalized spacial score (nSPS) is 15.2. The van der Waals surface area contributed by atoms with Gasteiger partial charge in [-0.1, -0.05) is 34.1 Å². The van der Waals surface area contributed by atoms with E-state index in [4.69, 9.17) is 0 Å². The largest absolute Gasteiger partial charge is 0.369 e. The average Bonchev–Trinajstić information content (AvgIpc) is 2.63. The third kappa shape index (κ3) is 4.83. The molecule has 1 amide bonds. The minimum Gasteiger partial charge on any atom is -0.369 e. The van der Waals surface area contributed by atoms with Crippen molar-refractivity contribution >= 4 is 27.5 Å². The predicted molar refractivity (Wildman–Crippen MR) is 106 cm³/mol. The van der Waals surface area contributed by atoms with E-state index in [9.17, 15) is 4.79 Å². The highest BCUT2D eigenvalue weighted by Gasteiger charge is 2.17. The molecule has 0 aromatic heterocycles. The first-order valence-corrected chi connectivity index (χ1v) is 9.49. The summed E-state index contributed by atoms with van der Waals surface area (Å²) in [5.41, 5.74) is 3.03. The number of nitrogens with one attached hydrogen (secondary N) is 1. The summed E-state index contributed by atoms with van der Waals surface area (Å²) in [6.45, 7) is 7.66. The molecular weight excluding hydrogens is 378 g/mol. The van der Waals surface area contributed by atoms with Crippen LogP contribution in [0, 0.1) is 6.92 Å². The summed E-state index contributed by atoms with van der Waals surface area (Å²) in [7, 11) is 0. The maximum atomic E-state index is 12.3. The highest BCUT2D eigenvalue weighted by atomic mass is 79.9. The van der Waals surface area contributed by atoms with Crippen LogP contribution in [0.4, 0.5) is 5.69 Å². The van der Waals surface area contributed by atoms with Crippen molar-refractivity contribution in [2.75, 3.05) is 44.2 Å². The molecule has 1 aliphatic rings. The number of amides is 1. The lowest BCUT2D eigenvalue weighted by molar-refractivity contribution is 0.0947. The molecule has 1 aliphatic heterocycles. The molecule has 1 heterocycles. The molecule has 1 saturated heterocycles. The fourth-order valence-corrected chi connectivity index (χ4v) is 3.65. The Labute approximate surface area is 158 Å². The molecule has 1 N–H and O–H groups in total. The number of hydrogen-bond acceptors (Lipinski definition) is 3. The summed E-state index contributed by atoms with van der Waals surface area (Å²) in [4.78, 5) is 17.1. The number of nitrogens with zero attached hydrogens (tertiary/aromatic N) is 2. The molecule has 1 fully saturated rings. The second kappa shape index (κ2) is 8.50. The molecule has 0 atom stereocenters. The molecule has 132 valence electrons. The number of benzene rings is 2. The molecular formula is C20H24BrN3O. The van der Waals surface area contributed by atoms with Crippen molar-refractivity contribution < 1.29 is 4.79 Å². The summed E-state index contributed by atoms with van der Waals surface area (Å²) in [5, 5.41) is 3.04. The number of aryl methyl sites for hydroxylation is 1. The van der Waals surface area contributed by atoms with E-state index < -0.39 is 0 Å². The third-order valence-electron chi connectivity index (χ3n) is 4.64. The van der Waals surface area contributed by atoms with Gasteiger partial charge in [0.2, 0.25) is 0 Å². The number of rotatable bonds is 5. The van der Waals surface area contributed by atoms with E-state index in [1.54, 1.807) is 0 Å². The first-order chi connectivity index (χ1) is 12.1. The number of carbonyl (C=O) groups is 1. The number of carbonyl (C=O) groups excluding carboxylic acids is 1. The van der Waals surface area contributed by atoms with E-state index in [2.05, 4.69) is 61.4 Å². The fraction of sp³-hybridized carbons (Fsp3) is 0.350. The molecule has 4 nitrogen and oxygen atoms in total. The summed E-state index contributed by atoms with van der Waals surface area (Å²) in [5.74, 6) is 0.00733. The number of para-hydroxylation sites is 1. The summed E-state index contributed by atoms with van der Waals surface area (Å²) in [6.07, 6.45) is 0. The molecule has 25 heavy (non-hydrogen) atoms. The minimum atomic E-state index is 0.00733. The van der Waals surface area contributed by atoms with Gasteiger partial charge in [-0.25, -0.2) is 0 Å². The second-order valence-corrected chi connectivity index (χ2v) is 7.30. The molecule has 5 heteroatoms. The first kappa shape index (κ1) is 18.0. The highest BCUT2D eigenvalue weighted by Crippen LogP contribution is 2.16. The van der Waals surface area contributed by atoms with Crippen LogP contribution in [0.25, 0.3) is 0 Å². The van der Waals surface area contributed by atoms with Crippen LogP contribution in [-0.4, -0.2) is 50.1 Å². The van der Waals surface area contributed by atoms with Gasteiger partial charge in [0, 0.05) is 55.0 Å². The highest BCUT2D eigenvalue weighted by molar-refractivity contribution is 9.10. The van der Waals surface area contributed by atoms with E-state index >= 15 is 0 Å². The van der Waals surface area contributed by atoms with Gasteiger partial charge in [-0.3, -0.25) is 9.69 Å². The second-order valence-electron chi connectivity index (χ2n) is 6.38. The van der Waals surface area contributed by atoms with Gasteiger partial charge < -0.3 is 10.2 Å². The lowest BCUT2D eigenvalue weighted by atomic mass is 10.1. The molecule has 2 aromatic rings. The maximum absolute atomic E-state index is 12.3. The Balaban J connectivity index is 1.42. The Kier molecular flexibility index (Phi) is 6.10. The molecule has 0 saturated carbocycles. The standard InChI is InChI=1S/C20H24BrN3O/c1-16-15-17(21)7-8-19(16)20(25)22-9-10-23-11-13-24(14-12-23)18-5-3-2-4-6-18/h2-8,15H,9-14H2,1H3,(H,22,25). The van der Waals surface area contributed by atoms with Crippen LogP contribution < -0.4 is 10.2 Å². The predicted octanol–water partition coefficient (Wildman–Crippen LogP) is 3.31. The van der Waals surface area contributed by atoms with Crippen LogP contribution in [0.15, 0.2) is 53.0 Å². The van der Waals surface area contributed by atoms with E-state index in [0.29, 0.717) is 6.54 Å². The average molecular weight is 402 g/mol. The molecule has 0 aliphatic carbocycles. The smallest absolute Gasteiger partial charge is 0.251 e. The maximum Gasteiger partial charge on any atom is 0.251 e. The Hall–Kier alpha value is -1.85. The van der Waals surface area contributed by atoms with E-state index in [1.807, 2.05) is 25.1 Å². The van der Waals surface area contributed by atoms with Gasteiger partial charge in [0.1, 0.15) is 0 Å². The van der Waals surface area contributed by atoms with Gasteiger partial charge in [0.05, 0.1) is 0 Å². The summed E-state index contributed by atoms with van der Waals surface area (Å²) in [6, 6.07) is 16.3. The lowest BCUT2D eigenvalue weighted by Crippen LogP contribution is -2.48. The van der Waals surface area contributed by atoms with Crippen molar-refractivity contribution in [3.05, 3.63) is 64.1 Å². The monoisotopic (exact) mass is 401 g/mol. The third-order valence-corrected chi connectivity index (χ3v) is 5.13. The Bertz CT molecular complexity index is 712. The zero-order chi connectivity index (χ0) is 17.6. The number of piperazine rings is 1. The van der Waals surface area contributed by atoms with Gasteiger partial charge in [-0.05, 0) is 42.8 Å². The number of anilines is 1. The molecule has 0 radical (unpaired) electrons. The van der Waals surface area contributed by atoms with Crippen molar-refractivity contribution in [3.8, 4) is 0 Å². The van der Waals surface area contributed by atoms with Crippen LogP contribution in [0.1, 0.15) is 15.9 Å². The van der Waals surface area contributed by atoms with Crippen LogP contribution in [0.5, 0.6) is 0 Å².